The van der Waals surface area contributed by atoms with Crippen molar-refractivity contribution in [2.45, 2.75) is 20.0 Å². The van der Waals surface area contributed by atoms with Gasteiger partial charge in [-0.05, 0) is 35.8 Å². The number of para-hydroxylation sites is 1. The summed E-state index contributed by atoms with van der Waals surface area (Å²) in [6, 6.07) is 26.2. The van der Waals surface area contributed by atoms with E-state index in [-0.39, 0.29) is 0 Å². The lowest BCUT2D eigenvalue weighted by molar-refractivity contribution is 0.0696. The Hall–Kier alpha value is -3.76. The van der Waals surface area contributed by atoms with Crippen molar-refractivity contribution in [3.8, 4) is 0 Å². The Labute approximate surface area is 187 Å². The van der Waals surface area contributed by atoms with Crippen molar-refractivity contribution in [3.05, 3.63) is 112 Å². The Bertz CT molecular complexity index is 1340. The highest BCUT2D eigenvalue weighted by Crippen LogP contribution is 2.34. The number of hydrogen-bond donors (Lipinski definition) is 1. The van der Waals surface area contributed by atoms with Crippen LogP contribution in [0.2, 0.25) is 0 Å². The standard InChI is InChI=1S/C28H24N2O2/c1-19-8-7-11-21(14-19)15-22-17-30(16-20-9-3-2-4-10-20)18-24-26(28(31)32)23-12-5-6-13-25(23)29-27(22)24/h2-15H,16-18H2,1H3,(H,31,32)/b22-15+. The van der Waals surface area contributed by atoms with Gasteiger partial charge in [0.05, 0.1) is 16.8 Å². The molecular formula is C28H24N2O2. The van der Waals surface area contributed by atoms with Crippen LogP contribution in [0.3, 0.4) is 0 Å². The van der Waals surface area contributed by atoms with Gasteiger partial charge < -0.3 is 5.11 Å². The number of nitrogens with zero attached hydrogens (tertiary/aromatic N) is 2. The molecule has 0 aliphatic carbocycles. The Balaban J connectivity index is 1.69. The molecule has 0 spiro atoms. The largest absolute Gasteiger partial charge is 0.478 e. The van der Waals surface area contributed by atoms with Gasteiger partial charge in [0.2, 0.25) is 0 Å². The van der Waals surface area contributed by atoms with Gasteiger partial charge >= 0.3 is 5.97 Å². The van der Waals surface area contributed by atoms with Crippen molar-refractivity contribution >= 4 is 28.5 Å². The smallest absolute Gasteiger partial charge is 0.336 e. The summed E-state index contributed by atoms with van der Waals surface area (Å²) in [4.78, 5) is 19.6. The number of carboxylic acid groups (broad SMARTS) is 1. The first-order valence-electron chi connectivity index (χ1n) is 10.8. The van der Waals surface area contributed by atoms with Gasteiger partial charge in [-0.2, -0.15) is 0 Å². The summed E-state index contributed by atoms with van der Waals surface area (Å²) in [6.45, 7) is 4.08. The Morgan fingerprint density at radius 2 is 1.78 bits per heavy atom. The maximum atomic E-state index is 12.4. The summed E-state index contributed by atoms with van der Waals surface area (Å²) in [5, 5.41) is 10.9. The van der Waals surface area contributed by atoms with Crippen LogP contribution in [0.5, 0.6) is 0 Å². The molecule has 0 saturated heterocycles. The minimum Gasteiger partial charge on any atom is -0.478 e. The van der Waals surface area contributed by atoms with E-state index < -0.39 is 5.97 Å². The van der Waals surface area contributed by atoms with Crippen LogP contribution in [0, 0.1) is 6.92 Å². The van der Waals surface area contributed by atoms with E-state index in [9.17, 15) is 9.90 Å². The lowest BCUT2D eigenvalue weighted by Crippen LogP contribution is -2.31. The van der Waals surface area contributed by atoms with Crippen LogP contribution < -0.4 is 0 Å². The van der Waals surface area contributed by atoms with Gasteiger partial charge in [0.1, 0.15) is 0 Å². The fourth-order valence-corrected chi connectivity index (χ4v) is 4.54. The monoisotopic (exact) mass is 420 g/mol. The molecule has 1 aliphatic rings. The molecule has 32 heavy (non-hydrogen) atoms. The molecule has 0 saturated carbocycles. The third-order valence-corrected chi connectivity index (χ3v) is 5.92. The highest BCUT2D eigenvalue weighted by atomic mass is 16.4. The van der Waals surface area contributed by atoms with Crippen LogP contribution in [0.25, 0.3) is 22.6 Å². The lowest BCUT2D eigenvalue weighted by Gasteiger charge is -2.31. The van der Waals surface area contributed by atoms with Crippen molar-refractivity contribution in [2.24, 2.45) is 0 Å². The SMILES string of the molecule is Cc1cccc(/C=C2\CN(Cc3ccccc3)Cc3c2nc2ccccc2c3C(=O)O)c1. The maximum absolute atomic E-state index is 12.4. The number of aromatic nitrogens is 1. The van der Waals surface area contributed by atoms with E-state index in [0.29, 0.717) is 24.0 Å². The van der Waals surface area contributed by atoms with E-state index in [0.717, 1.165) is 34.5 Å². The number of fused-ring (bicyclic) bond motifs is 2. The average Bonchev–Trinajstić information content (AvgIpc) is 2.78. The van der Waals surface area contributed by atoms with Crippen LogP contribution in [0.4, 0.5) is 0 Å². The number of pyridine rings is 1. The van der Waals surface area contributed by atoms with E-state index in [2.05, 4.69) is 48.2 Å². The molecule has 1 aromatic heterocycles. The van der Waals surface area contributed by atoms with Gasteiger partial charge in [0, 0.05) is 30.6 Å². The molecule has 4 nitrogen and oxygen atoms in total. The third kappa shape index (κ3) is 3.93. The number of aryl methyl sites for hydroxylation is 1. The van der Waals surface area contributed by atoms with Crippen LogP contribution in [0.15, 0.2) is 78.9 Å². The first-order chi connectivity index (χ1) is 15.6. The minimum atomic E-state index is -0.906. The number of carbonyl (C=O) groups is 1. The summed E-state index contributed by atoms with van der Waals surface area (Å²) in [5.41, 5.74) is 7.20. The van der Waals surface area contributed by atoms with Gasteiger partial charge in [0.25, 0.3) is 0 Å². The molecule has 4 aromatic rings. The Kier molecular flexibility index (Phi) is 5.29. The van der Waals surface area contributed by atoms with E-state index in [1.54, 1.807) is 0 Å². The molecule has 158 valence electrons. The topological polar surface area (TPSA) is 53.4 Å². The molecule has 0 radical (unpaired) electrons. The van der Waals surface area contributed by atoms with Gasteiger partial charge in [-0.15, -0.1) is 0 Å². The minimum absolute atomic E-state index is 0.360. The molecule has 3 aromatic carbocycles. The van der Waals surface area contributed by atoms with Gasteiger partial charge in [-0.25, -0.2) is 9.78 Å². The number of carboxylic acids is 1. The Morgan fingerprint density at radius 1 is 1.00 bits per heavy atom. The second kappa shape index (κ2) is 8.40. The molecule has 0 atom stereocenters. The van der Waals surface area contributed by atoms with E-state index in [1.165, 1.54) is 11.1 Å². The molecule has 5 rings (SSSR count). The van der Waals surface area contributed by atoms with Crippen LogP contribution in [-0.2, 0) is 13.1 Å². The van der Waals surface area contributed by atoms with Crippen molar-refractivity contribution in [1.29, 1.82) is 0 Å². The van der Waals surface area contributed by atoms with Crippen molar-refractivity contribution in [3.63, 3.8) is 0 Å². The number of aromatic carboxylic acids is 1. The van der Waals surface area contributed by atoms with Crippen molar-refractivity contribution in [2.75, 3.05) is 6.54 Å². The molecule has 0 amide bonds. The first-order valence-corrected chi connectivity index (χ1v) is 10.8. The highest BCUT2D eigenvalue weighted by molar-refractivity contribution is 6.06. The summed E-state index contributed by atoms with van der Waals surface area (Å²) >= 11 is 0. The van der Waals surface area contributed by atoms with E-state index in [4.69, 9.17) is 4.98 Å². The Morgan fingerprint density at radius 3 is 2.56 bits per heavy atom. The molecule has 2 heterocycles. The molecule has 1 N–H and O–H groups in total. The molecular weight excluding hydrogens is 396 g/mol. The predicted molar refractivity (Wildman–Crippen MR) is 128 cm³/mol. The van der Waals surface area contributed by atoms with Crippen molar-refractivity contribution < 1.29 is 9.90 Å². The van der Waals surface area contributed by atoms with E-state index >= 15 is 0 Å². The van der Waals surface area contributed by atoms with Crippen LogP contribution in [-0.4, -0.2) is 27.5 Å². The van der Waals surface area contributed by atoms with Crippen LogP contribution in [0.1, 0.15) is 38.3 Å². The zero-order chi connectivity index (χ0) is 22.1. The fourth-order valence-electron chi connectivity index (χ4n) is 4.54. The fraction of sp³-hybridized carbons (Fsp3) is 0.143. The van der Waals surface area contributed by atoms with Crippen molar-refractivity contribution in [1.82, 2.24) is 9.88 Å². The summed E-state index contributed by atoms with van der Waals surface area (Å²) < 4.78 is 0. The molecule has 1 aliphatic heterocycles. The quantitative estimate of drug-likeness (QED) is 0.453. The normalized spacial score (nSPS) is 15.1. The summed E-state index contributed by atoms with van der Waals surface area (Å²) in [5.74, 6) is -0.906. The first kappa shape index (κ1) is 20.2. The van der Waals surface area contributed by atoms with Crippen LogP contribution >= 0.6 is 0 Å². The molecule has 4 heteroatoms. The molecule has 0 unspecified atom stereocenters. The van der Waals surface area contributed by atoms with Gasteiger partial charge in [0.15, 0.2) is 0 Å². The molecule has 0 bridgehead atoms. The third-order valence-electron chi connectivity index (χ3n) is 5.92. The second-order valence-corrected chi connectivity index (χ2v) is 8.35. The summed E-state index contributed by atoms with van der Waals surface area (Å²) in [6.07, 6.45) is 2.15. The zero-order valence-corrected chi connectivity index (χ0v) is 18.0. The second-order valence-electron chi connectivity index (χ2n) is 8.35. The molecule has 0 fully saturated rings. The zero-order valence-electron chi connectivity index (χ0n) is 18.0. The highest BCUT2D eigenvalue weighted by Gasteiger charge is 2.28. The van der Waals surface area contributed by atoms with Gasteiger partial charge in [-0.3, -0.25) is 4.90 Å². The lowest BCUT2D eigenvalue weighted by atomic mass is 9.91. The maximum Gasteiger partial charge on any atom is 0.336 e. The average molecular weight is 421 g/mol. The number of hydrogen-bond acceptors (Lipinski definition) is 3. The number of rotatable bonds is 4. The predicted octanol–water partition coefficient (Wildman–Crippen LogP) is 5.80. The van der Waals surface area contributed by atoms with E-state index in [1.807, 2.05) is 48.5 Å². The van der Waals surface area contributed by atoms with Gasteiger partial charge in [-0.1, -0.05) is 78.4 Å². The number of benzene rings is 3. The summed E-state index contributed by atoms with van der Waals surface area (Å²) in [7, 11) is 0.